The van der Waals surface area contributed by atoms with E-state index in [2.05, 4.69) is 0 Å². The van der Waals surface area contributed by atoms with E-state index in [1.54, 1.807) is 0 Å². The first-order valence-corrected chi connectivity index (χ1v) is 9.71. The minimum Gasteiger partial charge on any atom is -0.326 e. The second-order valence-electron chi connectivity index (χ2n) is 5.13. The molecule has 1 aliphatic rings. The molecular weight excluding hydrogens is 300 g/mol. The Hall–Kier alpha value is -0.960. The Bertz CT molecular complexity index is 681. The second-order valence-corrected chi connectivity index (χ2v) is 9.20. The van der Waals surface area contributed by atoms with Gasteiger partial charge in [0, 0.05) is 25.4 Å². The molecule has 0 radical (unpaired) electrons. The predicted molar refractivity (Wildman–Crippen MR) is 76.3 cm³/mol. The van der Waals surface area contributed by atoms with Crippen molar-refractivity contribution >= 4 is 19.9 Å². The number of sulfone groups is 1. The Morgan fingerprint density at radius 2 is 1.80 bits per heavy atom. The van der Waals surface area contributed by atoms with Crippen molar-refractivity contribution in [3.8, 4) is 0 Å². The van der Waals surface area contributed by atoms with E-state index in [-0.39, 0.29) is 16.7 Å². The summed E-state index contributed by atoms with van der Waals surface area (Å²) in [5.41, 5.74) is 6.29. The zero-order valence-electron chi connectivity index (χ0n) is 11.2. The van der Waals surface area contributed by atoms with Crippen molar-refractivity contribution in [2.24, 2.45) is 5.73 Å². The second kappa shape index (κ2) is 5.44. The fourth-order valence-electron chi connectivity index (χ4n) is 2.18. The zero-order valence-corrected chi connectivity index (χ0v) is 12.8. The Balaban J connectivity index is 2.21. The van der Waals surface area contributed by atoms with Crippen LogP contribution in [0.4, 0.5) is 0 Å². The lowest BCUT2D eigenvalue weighted by molar-refractivity contribution is 0.472. The third kappa shape index (κ3) is 3.57. The van der Waals surface area contributed by atoms with E-state index >= 15 is 0 Å². The first-order valence-electron chi connectivity index (χ1n) is 6.21. The van der Waals surface area contributed by atoms with Crippen molar-refractivity contribution in [2.45, 2.75) is 23.1 Å². The molecule has 2 rings (SSSR count). The van der Waals surface area contributed by atoms with Gasteiger partial charge in [0.2, 0.25) is 10.0 Å². The van der Waals surface area contributed by atoms with E-state index in [4.69, 9.17) is 5.73 Å². The highest BCUT2D eigenvalue weighted by molar-refractivity contribution is 7.90. The molecule has 1 aromatic carbocycles. The summed E-state index contributed by atoms with van der Waals surface area (Å²) in [7, 11) is -6.65. The molecule has 0 bridgehead atoms. The van der Waals surface area contributed by atoms with Gasteiger partial charge in [-0.3, -0.25) is 0 Å². The molecule has 1 saturated heterocycles. The van der Waals surface area contributed by atoms with Gasteiger partial charge in [-0.2, -0.15) is 4.31 Å². The zero-order chi connectivity index (χ0) is 15.0. The van der Waals surface area contributed by atoms with E-state index in [1.165, 1.54) is 28.6 Å². The van der Waals surface area contributed by atoms with Gasteiger partial charge in [0.25, 0.3) is 0 Å². The number of nitrogens with two attached hydrogens (primary N) is 1. The van der Waals surface area contributed by atoms with E-state index in [0.29, 0.717) is 25.1 Å². The minimum atomic E-state index is -3.53. The van der Waals surface area contributed by atoms with Crippen LogP contribution in [0.5, 0.6) is 0 Å². The summed E-state index contributed by atoms with van der Waals surface area (Å²) >= 11 is 0. The molecule has 1 aromatic rings. The van der Waals surface area contributed by atoms with Gasteiger partial charge in [-0.05, 0) is 24.1 Å². The maximum Gasteiger partial charge on any atom is 0.243 e. The van der Waals surface area contributed by atoms with Crippen LogP contribution in [-0.2, 0) is 25.6 Å². The van der Waals surface area contributed by atoms with Crippen LogP contribution in [0.3, 0.4) is 0 Å². The van der Waals surface area contributed by atoms with Crippen LogP contribution >= 0.6 is 0 Å². The first-order chi connectivity index (χ1) is 9.18. The standard InChI is InChI=1S/C12H18N2O4S2/c1-19(15,16)9-10-2-4-12(5-3-10)20(17,18)14-7-6-11(13)8-14/h2-5,11H,6-9,13H2,1H3/t11-/m0/s1. The van der Waals surface area contributed by atoms with Gasteiger partial charge in [-0.1, -0.05) is 12.1 Å². The first kappa shape index (κ1) is 15.4. The molecule has 1 aliphatic heterocycles. The van der Waals surface area contributed by atoms with Crippen molar-refractivity contribution in [2.75, 3.05) is 19.3 Å². The maximum atomic E-state index is 12.3. The quantitative estimate of drug-likeness (QED) is 0.839. The van der Waals surface area contributed by atoms with Crippen LogP contribution in [-0.4, -0.2) is 46.5 Å². The summed E-state index contributed by atoms with van der Waals surface area (Å²) in [6.07, 6.45) is 1.80. The van der Waals surface area contributed by atoms with Crippen LogP contribution in [0.2, 0.25) is 0 Å². The Morgan fingerprint density at radius 1 is 1.20 bits per heavy atom. The predicted octanol–water partition coefficient (Wildman–Crippen LogP) is -0.0471. The lowest BCUT2D eigenvalue weighted by Crippen LogP contribution is -2.31. The highest BCUT2D eigenvalue weighted by Gasteiger charge is 2.30. The van der Waals surface area contributed by atoms with E-state index < -0.39 is 19.9 Å². The molecule has 2 N–H and O–H groups in total. The molecule has 1 heterocycles. The molecular formula is C12H18N2O4S2. The molecule has 0 spiro atoms. The number of benzene rings is 1. The highest BCUT2D eigenvalue weighted by Crippen LogP contribution is 2.21. The Kier molecular flexibility index (Phi) is 4.19. The van der Waals surface area contributed by atoms with Gasteiger partial charge in [-0.15, -0.1) is 0 Å². The van der Waals surface area contributed by atoms with Crippen molar-refractivity contribution in [1.29, 1.82) is 0 Å². The van der Waals surface area contributed by atoms with Gasteiger partial charge < -0.3 is 5.73 Å². The van der Waals surface area contributed by atoms with Crippen molar-refractivity contribution < 1.29 is 16.8 Å². The molecule has 0 unspecified atom stereocenters. The lowest BCUT2D eigenvalue weighted by atomic mass is 10.2. The van der Waals surface area contributed by atoms with Gasteiger partial charge in [0.1, 0.15) is 0 Å². The summed E-state index contributed by atoms with van der Waals surface area (Å²) in [6, 6.07) is 5.84. The van der Waals surface area contributed by atoms with Gasteiger partial charge >= 0.3 is 0 Å². The number of rotatable bonds is 4. The number of hydrogen-bond acceptors (Lipinski definition) is 5. The summed E-state index contributed by atoms with van der Waals surface area (Å²) in [5.74, 6) is -0.0953. The monoisotopic (exact) mass is 318 g/mol. The average Bonchev–Trinajstić information content (AvgIpc) is 2.75. The van der Waals surface area contributed by atoms with Gasteiger partial charge in [0.15, 0.2) is 9.84 Å². The van der Waals surface area contributed by atoms with E-state index in [9.17, 15) is 16.8 Å². The third-order valence-electron chi connectivity index (χ3n) is 3.18. The largest absolute Gasteiger partial charge is 0.326 e. The molecule has 8 heteroatoms. The molecule has 0 aliphatic carbocycles. The van der Waals surface area contributed by atoms with Crippen molar-refractivity contribution in [1.82, 2.24) is 4.31 Å². The number of sulfonamides is 1. The Labute approximate surface area is 119 Å². The fraction of sp³-hybridized carbons (Fsp3) is 0.500. The molecule has 1 atom stereocenters. The molecule has 1 fully saturated rings. The molecule has 0 saturated carbocycles. The van der Waals surface area contributed by atoms with Gasteiger partial charge in [-0.25, -0.2) is 16.8 Å². The topological polar surface area (TPSA) is 97.5 Å². The van der Waals surface area contributed by atoms with Gasteiger partial charge in [0.05, 0.1) is 10.6 Å². The molecule has 112 valence electrons. The number of nitrogens with zero attached hydrogens (tertiary/aromatic N) is 1. The maximum absolute atomic E-state index is 12.3. The normalized spacial score (nSPS) is 21.2. The van der Waals surface area contributed by atoms with Crippen molar-refractivity contribution in [3.63, 3.8) is 0 Å². The summed E-state index contributed by atoms with van der Waals surface area (Å²) in [5, 5.41) is 0. The lowest BCUT2D eigenvalue weighted by Gasteiger charge is -2.16. The highest BCUT2D eigenvalue weighted by atomic mass is 32.2. The van der Waals surface area contributed by atoms with Crippen LogP contribution in [0, 0.1) is 0 Å². The third-order valence-corrected chi connectivity index (χ3v) is 5.91. The van der Waals surface area contributed by atoms with Crippen molar-refractivity contribution in [3.05, 3.63) is 29.8 Å². The summed E-state index contributed by atoms with van der Waals surface area (Å²) in [4.78, 5) is 0.170. The molecule has 0 amide bonds. The van der Waals surface area contributed by atoms with Crippen LogP contribution in [0.1, 0.15) is 12.0 Å². The molecule has 0 aromatic heterocycles. The smallest absolute Gasteiger partial charge is 0.243 e. The SMILES string of the molecule is CS(=O)(=O)Cc1ccc(S(=O)(=O)N2CC[C@H](N)C2)cc1. The molecule has 6 nitrogen and oxygen atoms in total. The minimum absolute atomic E-state index is 0.0953. The van der Waals surface area contributed by atoms with E-state index in [1.807, 2.05) is 0 Å². The van der Waals surface area contributed by atoms with Crippen LogP contribution in [0.15, 0.2) is 29.2 Å². The van der Waals surface area contributed by atoms with Crippen LogP contribution in [0.25, 0.3) is 0 Å². The fourth-order valence-corrected chi connectivity index (χ4v) is 4.49. The van der Waals surface area contributed by atoms with E-state index in [0.717, 1.165) is 6.26 Å². The summed E-state index contributed by atoms with van der Waals surface area (Å²) < 4.78 is 48.4. The number of hydrogen-bond donors (Lipinski definition) is 1. The Morgan fingerprint density at radius 3 is 2.25 bits per heavy atom. The van der Waals surface area contributed by atoms with Crippen LogP contribution < -0.4 is 5.73 Å². The summed E-state index contributed by atoms with van der Waals surface area (Å²) in [6.45, 7) is 0.752. The molecule has 20 heavy (non-hydrogen) atoms. The average molecular weight is 318 g/mol.